The van der Waals surface area contributed by atoms with E-state index in [9.17, 15) is 9.18 Å². The number of nitrogens with two attached hydrogens (primary N) is 1. The van der Waals surface area contributed by atoms with Gasteiger partial charge in [-0.15, -0.1) is 0 Å². The van der Waals surface area contributed by atoms with Gasteiger partial charge in [-0.2, -0.15) is 0 Å². The van der Waals surface area contributed by atoms with Crippen molar-refractivity contribution in [2.45, 2.75) is 12.8 Å². The molecule has 26 heavy (non-hydrogen) atoms. The first kappa shape index (κ1) is 18.4. The molecule has 3 N–H and O–H groups in total. The summed E-state index contributed by atoms with van der Waals surface area (Å²) in [5.41, 5.74) is 6.82. The van der Waals surface area contributed by atoms with E-state index < -0.39 is 5.82 Å². The van der Waals surface area contributed by atoms with Gasteiger partial charge < -0.3 is 20.7 Å². The van der Waals surface area contributed by atoms with Gasteiger partial charge in [-0.1, -0.05) is 15.9 Å². The minimum atomic E-state index is -0.419. The van der Waals surface area contributed by atoms with Crippen molar-refractivity contribution in [3.63, 3.8) is 0 Å². The number of piperidine rings is 1. The first-order valence-electron chi connectivity index (χ1n) is 8.15. The quantitative estimate of drug-likeness (QED) is 0.729. The fourth-order valence-corrected chi connectivity index (χ4v) is 3.28. The summed E-state index contributed by atoms with van der Waals surface area (Å²) < 4.78 is 19.5. The third kappa shape index (κ3) is 3.87. The predicted molar refractivity (Wildman–Crippen MR) is 101 cm³/mol. The van der Waals surface area contributed by atoms with E-state index in [1.807, 2.05) is 4.90 Å². The van der Waals surface area contributed by atoms with Crippen molar-refractivity contribution in [3.8, 4) is 0 Å². The third-order valence-corrected chi connectivity index (χ3v) is 4.87. The maximum Gasteiger partial charge on any atom is 0.308 e. The molecule has 1 aromatic carbocycles. The number of nitrogens with zero attached hydrogens (tertiary/aromatic N) is 3. The molecule has 3 rings (SSSR count). The van der Waals surface area contributed by atoms with Gasteiger partial charge >= 0.3 is 5.97 Å². The van der Waals surface area contributed by atoms with Crippen LogP contribution in [0.15, 0.2) is 29.0 Å². The van der Waals surface area contributed by atoms with Crippen LogP contribution in [0.2, 0.25) is 0 Å². The molecule has 138 valence electrons. The van der Waals surface area contributed by atoms with Crippen molar-refractivity contribution in [3.05, 3.63) is 34.8 Å². The second-order valence-electron chi connectivity index (χ2n) is 5.99. The molecule has 0 atom stereocenters. The number of benzene rings is 1. The highest BCUT2D eigenvalue weighted by Gasteiger charge is 2.27. The molecular formula is C17H19BrFN5O2. The van der Waals surface area contributed by atoms with Crippen LogP contribution in [-0.2, 0) is 9.53 Å². The van der Waals surface area contributed by atoms with Crippen LogP contribution in [0.3, 0.4) is 0 Å². The first-order chi connectivity index (χ1) is 12.5. The molecular weight excluding hydrogens is 405 g/mol. The molecule has 0 amide bonds. The molecule has 1 aliphatic rings. The van der Waals surface area contributed by atoms with E-state index in [-0.39, 0.29) is 17.6 Å². The number of carbonyl (C=O) groups excluding carboxylic acids is 1. The Hall–Kier alpha value is -2.42. The van der Waals surface area contributed by atoms with Crippen LogP contribution in [0.1, 0.15) is 12.8 Å². The van der Waals surface area contributed by atoms with Gasteiger partial charge in [0.25, 0.3) is 0 Å². The number of carbonyl (C=O) groups is 1. The van der Waals surface area contributed by atoms with E-state index in [2.05, 4.69) is 31.2 Å². The molecule has 7 nitrogen and oxygen atoms in total. The molecule has 1 fully saturated rings. The van der Waals surface area contributed by atoms with Crippen LogP contribution in [0.5, 0.6) is 0 Å². The molecule has 1 aromatic heterocycles. The van der Waals surface area contributed by atoms with Crippen molar-refractivity contribution < 1.29 is 13.9 Å². The lowest BCUT2D eigenvalue weighted by Gasteiger charge is -2.32. The maximum atomic E-state index is 14.0. The number of nitrogens with one attached hydrogen (secondary N) is 1. The fraction of sp³-hybridized carbons (Fsp3) is 0.353. The Bertz CT molecular complexity index is 812. The zero-order valence-electron chi connectivity index (χ0n) is 14.2. The molecule has 9 heteroatoms. The summed E-state index contributed by atoms with van der Waals surface area (Å²) in [4.78, 5) is 22.0. The molecule has 2 aromatic rings. The Balaban J connectivity index is 1.76. The van der Waals surface area contributed by atoms with E-state index in [1.165, 1.54) is 19.5 Å². The number of ether oxygens (including phenoxy) is 1. The predicted octanol–water partition coefficient (Wildman–Crippen LogP) is 3.09. The number of anilines is 4. The number of nitrogen functional groups attached to an aromatic ring is 1. The molecule has 0 unspecified atom stereocenters. The largest absolute Gasteiger partial charge is 0.469 e. The van der Waals surface area contributed by atoms with E-state index in [4.69, 9.17) is 10.5 Å². The van der Waals surface area contributed by atoms with Crippen LogP contribution in [-0.4, -0.2) is 36.1 Å². The van der Waals surface area contributed by atoms with Crippen LogP contribution in [0, 0.1) is 11.7 Å². The Morgan fingerprint density at radius 3 is 2.77 bits per heavy atom. The third-order valence-electron chi connectivity index (χ3n) is 4.38. The monoisotopic (exact) mass is 423 g/mol. The fourth-order valence-electron chi connectivity index (χ4n) is 2.95. The van der Waals surface area contributed by atoms with E-state index >= 15 is 0 Å². The van der Waals surface area contributed by atoms with Gasteiger partial charge in [0.2, 0.25) is 0 Å². The lowest BCUT2D eigenvalue weighted by Crippen LogP contribution is -2.37. The standard InChI is InChI=1S/C17H19BrFN5O2/c1-26-17(25)10-4-6-24(7-5-10)16-14(20)15(21-9-22-16)23-13-3-2-11(18)8-12(13)19/h2-3,8-10H,4-7,20H2,1H3,(H,21,22,23). The zero-order valence-corrected chi connectivity index (χ0v) is 15.8. The summed E-state index contributed by atoms with van der Waals surface area (Å²) in [6, 6.07) is 4.68. The van der Waals surface area contributed by atoms with E-state index in [1.54, 1.807) is 12.1 Å². The van der Waals surface area contributed by atoms with Crippen LogP contribution in [0.4, 0.5) is 27.4 Å². The van der Waals surface area contributed by atoms with Crippen LogP contribution in [0.25, 0.3) is 0 Å². The molecule has 2 heterocycles. The maximum absolute atomic E-state index is 14.0. The smallest absolute Gasteiger partial charge is 0.308 e. The molecule has 0 saturated carbocycles. The Kier molecular flexibility index (Phi) is 5.55. The highest BCUT2D eigenvalue weighted by atomic mass is 79.9. The topological polar surface area (TPSA) is 93.4 Å². The number of hydrogen-bond acceptors (Lipinski definition) is 7. The average molecular weight is 424 g/mol. The van der Waals surface area contributed by atoms with Gasteiger partial charge in [0.15, 0.2) is 11.6 Å². The lowest BCUT2D eigenvalue weighted by atomic mass is 9.97. The summed E-state index contributed by atoms with van der Waals surface area (Å²) in [6.07, 6.45) is 2.72. The summed E-state index contributed by atoms with van der Waals surface area (Å²) >= 11 is 3.22. The van der Waals surface area contributed by atoms with Gasteiger partial charge in [-0.3, -0.25) is 4.79 Å². The molecule has 0 aliphatic carbocycles. The Morgan fingerprint density at radius 1 is 1.38 bits per heavy atom. The van der Waals surface area contributed by atoms with Gasteiger partial charge in [0, 0.05) is 17.6 Å². The van der Waals surface area contributed by atoms with Crippen molar-refractivity contribution >= 4 is 44.9 Å². The summed E-state index contributed by atoms with van der Waals surface area (Å²) in [5, 5.41) is 2.91. The lowest BCUT2D eigenvalue weighted by molar-refractivity contribution is -0.146. The van der Waals surface area contributed by atoms with Gasteiger partial charge in [-0.05, 0) is 31.0 Å². The number of halogens is 2. The van der Waals surface area contributed by atoms with Gasteiger partial charge in [0.1, 0.15) is 17.8 Å². The number of aromatic nitrogens is 2. The highest BCUT2D eigenvalue weighted by molar-refractivity contribution is 9.10. The van der Waals surface area contributed by atoms with Crippen LogP contribution >= 0.6 is 15.9 Å². The molecule has 1 aliphatic heterocycles. The van der Waals surface area contributed by atoms with Crippen LogP contribution < -0.4 is 16.0 Å². The van der Waals surface area contributed by atoms with Crippen molar-refractivity contribution in [1.82, 2.24) is 9.97 Å². The number of hydrogen-bond donors (Lipinski definition) is 2. The van der Waals surface area contributed by atoms with Crippen molar-refractivity contribution in [2.75, 3.05) is 36.1 Å². The minimum absolute atomic E-state index is 0.103. The summed E-state index contributed by atoms with van der Waals surface area (Å²) in [5.74, 6) is 0.203. The second kappa shape index (κ2) is 7.86. The second-order valence-corrected chi connectivity index (χ2v) is 6.91. The minimum Gasteiger partial charge on any atom is -0.469 e. The average Bonchev–Trinajstić information content (AvgIpc) is 2.65. The highest BCUT2D eigenvalue weighted by Crippen LogP contribution is 2.32. The number of rotatable bonds is 4. The first-order valence-corrected chi connectivity index (χ1v) is 8.94. The molecule has 0 bridgehead atoms. The summed E-state index contributed by atoms with van der Waals surface area (Å²) in [6.45, 7) is 1.26. The normalized spacial score (nSPS) is 15.0. The van der Waals surface area contributed by atoms with Crippen molar-refractivity contribution in [2.24, 2.45) is 5.92 Å². The number of esters is 1. The molecule has 0 spiro atoms. The van der Waals surface area contributed by atoms with Crippen molar-refractivity contribution in [1.29, 1.82) is 0 Å². The van der Waals surface area contributed by atoms with Gasteiger partial charge in [-0.25, -0.2) is 14.4 Å². The molecule has 1 saturated heterocycles. The zero-order chi connectivity index (χ0) is 18.7. The summed E-state index contributed by atoms with van der Waals surface area (Å²) in [7, 11) is 1.40. The SMILES string of the molecule is COC(=O)C1CCN(c2ncnc(Nc3ccc(Br)cc3F)c2N)CC1. The van der Waals surface area contributed by atoms with Gasteiger partial charge in [0.05, 0.1) is 18.7 Å². The Labute approximate surface area is 158 Å². The number of methoxy groups -OCH3 is 1. The molecule has 0 radical (unpaired) electrons. The van der Waals surface area contributed by atoms with E-state index in [0.29, 0.717) is 47.7 Å². The Morgan fingerprint density at radius 2 is 2.12 bits per heavy atom. The van der Waals surface area contributed by atoms with E-state index in [0.717, 1.165) is 0 Å².